The van der Waals surface area contributed by atoms with Crippen LogP contribution in [0.5, 0.6) is 0 Å². The summed E-state index contributed by atoms with van der Waals surface area (Å²) in [6.07, 6.45) is 0.592. The smallest absolute Gasteiger partial charge is 0.404 e. The maximum absolute atomic E-state index is 14.7. The maximum atomic E-state index is 14.7. The molecule has 0 bridgehead atoms. The van der Waals surface area contributed by atoms with Crippen LogP contribution in [0.25, 0.3) is 0 Å². The van der Waals surface area contributed by atoms with Crippen LogP contribution in [0.3, 0.4) is 0 Å². The molecule has 0 saturated carbocycles. The van der Waals surface area contributed by atoms with Gasteiger partial charge in [0.15, 0.2) is 23.3 Å². The average molecular weight is 451 g/mol. The standard InChI is InChI=1S/C20H27F2N7O3/c1-9(2)5-15(10(3)26-20(31)32)28-19-14(22)7-12(16(23)30)17(29-19)27-11-6-13(21)18(24-4)25-8-11/h6-10,15,26H,5H2,1-4H3,(H2,23,30)(H,24,25)(H,31,32)(H2,27,28,29)/t10-,15+/m0/s1. The molecule has 32 heavy (non-hydrogen) atoms. The van der Waals surface area contributed by atoms with Crippen molar-refractivity contribution in [3.8, 4) is 0 Å². The Bertz CT molecular complexity index is 988. The molecule has 0 aliphatic rings. The zero-order valence-electron chi connectivity index (χ0n) is 18.2. The number of hydrogen-bond acceptors (Lipinski definition) is 7. The third kappa shape index (κ3) is 6.40. The molecule has 0 aromatic carbocycles. The fourth-order valence-corrected chi connectivity index (χ4v) is 3.07. The van der Waals surface area contributed by atoms with E-state index in [0.29, 0.717) is 6.42 Å². The molecule has 2 atom stereocenters. The van der Waals surface area contributed by atoms with Crippen molar-refractivity contribution in [1.29, 1.82) is 0 Å². The minimum absolute atomic E-state index is 0.0246. The van der Waals surface area contributed by atoms with Crippen molar-refractivity contribution in [1.82, 2.24) is 15.3 Å². The molecular weight excluding hydrogens is 424 g/mol. The summed E-state index contributed by atoms with van der Waals surface area (Å²) in [5.41, 5.74) is 5.27. The van der Waals surface area contributed by atoms with Gasteiger partial charge < -0.3 is 32.1 Å². The van der Waals surface area contributed by atoms with E-state index in [1.54, 1.807) is 6.92 Å². The van der Waals surface area contributed by atoms with Gasteiger partial charge in [-0.2, -0.15) is 0 Å². The lowest BCUT2D eigenvalue weighted by Gasteiger charge is -2.27. The van der Waals surface area contributed by atoms with Gasteiger partial charge >= 0.3 is 6.09 Å². The highest BCUT2D eigenvalue weighted by molar-refractivity contribution is 5.98. The van der Waals surface area contributed by atoms with Crippen LogP contribution >= 0.6 is 0 Å². The second-order valence-corrected chi connectivity index (χ2v) is 7.63. The number of aromatic nitrogens is 2. The number of hydrogen-bond donors (Lipinski definition) is 6. The predicted molar refractivity (Wildman–Crippen MR) is 117 cm³/mol. The van der Waals surface area contributed by atoms with E-state index in [1.165, 1.54) is 13.2 Å². The first-order valence-corrected chi connectivity index (χ1v) is 9.88. The van der Waals surface area contributed by atoms with Gasteiger partial charge in [-0.15, -0.1) is 0 Å². The van der Waals surface area contributed by atoms with E-state index in [1.807, 2.05) is 13.8 Å². The van der Waals surface area contributed by atoms with E-state index < -0.39 is 35.7 Å². The normalized spacial score (nSPS) is 12.7. The van der Waals surface area contributed by atoms with E-state index in [0.717, 1.165) is 12.1 Å². The summed E-state index contributed by atoms with van der Waals surface area (Å²) in [7, 11) is 1.51. The summed E-state index contributed by atoms with van der Waals surface area (Å²) in [6.45, 7) is 5.51. The molecule has 10 nitrogen and oxygen atoms in total. The maximum Gasteiger partial charge on any atom is 0.404 e. The van der Waals surface area contributed by atoms with Gasteiger partial charge in [0.05, 0.1) is 17.4 Å². The van der Waals surface area contributed by atoms with Crippen molar-refractivity contribution in [2.45, 2.75) is 39.3 Å². The highest BCUT2D eigenvalue weighted by Crippen LogP contribution is 2.26. The molecule has 0 aliphatic carbocycles. The number of rotatable bonds is 10. The van der Waals surface area contributed by atoms with Crippen molar-refractivity contribution in [2.24, 2.45) is 11.7 Å². The number of nitrogens with two attached hydrogens (primary N) is 1. The Labute approximate surface area is 184 Å². The first-order chi connectivity index (χ1) is 15.0. The Morgan fingerprint density at radius 2 is 1.78 bits per heavy atom. The van der Waals surface area contributed by atoms with E-state index in [-0.39, 0.29) is 34.6 Å². The van der Waals surface area contributed by atoms with Crippen molar-refractivity contribution in [3.63, 3.8) is 0 Å². The number of nitrogens with one attached hydrogen (secondary N) is 4. The molecule has 0 saturated heterocycles. The minimum atomic E-state index is -1.22. The van der Waals surface area contributed by atoms with Gasteiger partial charge in [0, 0.05) is 25.2 Å². The van der Waals surface area contributed by atoms with Gasteiger partial charge in [-0.3, -0.25) is 4.79 Å². The lowest BCUT2D eigenvalue weighted by atomic mass is 9.98. The molecule has 7 N–H and O–H groups in total. The molecule has 2 rings (SSSR count). The lowest BCUT2D eigenvalue weighted by Crippen LogP contribution is -2.45. The molecule has 12 heteroatoms. The number of amides is 2. The van der Waals surface area contributed by atoms with Crippen molar-refractivity contribution in [2.75, 3.05) is 23.0 Å². The molecule has 0 fully saturated rings. The number of carbonyl (C=O) groups excluding carboxylic acids is 1. The average Bonchev–Trinajstić information content (AvgIpc) is 2.68. The van der Waals surface area contributed by atoms with Crippen LogP contribution in [0.4, 0.5) is 36.7 Å². The first kappa shape index (κ1) is 24.6. The van der Waals surface area contributed by atoms with E-state index >= 15 is 0 Å². The van der Waals surface area contributed by atoms with Crippen molar-refractivity contribution < 1.29 is 23.5 Å². The van der Waals surface area contributed by atoms with Gasteiger partial charge in [-0.1, -0.05) is 13.8 Å². The monoisotopic (exact) mass is 451 g/mol. The van der Waals surface area contributed by atoms with Crippen molar-refractivity contribution in [3.05, 3.63) is 35.5 Å². The Balaban J connectivity index is 2.42. The number of halogens is 2. The fourth-order valence-electron chi connectivity index (χ4n) is 3.07. The number of carbonyl (C=O) groups is 2. The van der Waals surface area contributed by atoms with Crippen LogP contribution in [0.1, 0.15) is 37.6 Å². The highest BCUT2D eigenvalue weighted by Gasteiger charge is 2.24. The number of anilines is 4. The first-order valence-electron chi connectivity index (χ1n) is 9.88. The topological polar surface area (TPSA) is 154 Å². The van der Waals surface area contributed by atoms with Crippen molar-refractivity contribution >= 4 is 35.1 Å². The Morgan fingerprint density at radius 1 is 1.12 bits per heavy atom. The quantitative estimate of drug-likeness (QED) is 0.322. The molecule has 2 heterocycles. The van der Waals surface area contributed by atoms with Crippen LogP contribution in [-0.2, 0) is 0 Å². The summed E-state index contributed by atoms with van der Waals surface area (Å²) < 4.78 is 28.8. The largest absolute Gasteiger partial charge is 0.465 e. The zero-order chi connectivity index (χ0) is 24.0. The van der Waals surface area contributed by atoms with Crippen LogP contribution in [0.15, 0.2) is 18.3 Å². The van der Waals surface area contributed by atoms with E-state index in [9.17, 15) is 18.4 Å². The Hall–Kier alpha value is -3.70. The van der Waals surface area contributed by atoms with Gasteiger partial charge in [0.1, 0.15) is 5.82 Å². The Morgan fingerprint density at radius 3 is 2.31 bits per heavy atom. The molecule has 174 valence electrons. The third-order valence-corrected chi connectivity index (χ3v) is 4.58. The summed E-state index contributed by atoms with van der Waals surface area (Å²) in [5.74, 6) is -2.58. The molecule has 0 aliphatic heterocycles. The third-order valence-electron chi connectivity index (χ3n) is 4.58. The molecule has 2 amide bonds. The van der Waals surface area contributed by atoms with Gasteiger partial charge in [-0.05, 0) is 25.3 Å². The molecule has 0 spiro atoms. The van der Waals surface area contributed by atoms with E-state index in [2.05, 4.69) is 31.2 Å². The van der Waals surface area contributed by atoms with Gasteiger partial charge in [0.25, 0.3) is 5.91 Å². The lowest BCUT2D eigenvalue weighted by molar-refractivity contribution is 0.100. The van der Waals surface area contributed by atoms with Crippen LogP contribution in [0, 0.1) is 17.6 Å². The number of nitrogens with zero attached hydrogens (tertiary/aromatic N) is 2. The molecule has 0 unspecified atom stereocenters. The highest BCUT2D eigenvalue weighted by atomic mass is 19.1. The molecule has 0 radical (unpaired) electrons. The summed E-state index contributed by atoms with van der Waals surface area (Å²) >= 11 is 0. The second-order valence-electron chi connectivity index (χ2n) is 7.63. The van der Waals surface area contributed by atoms with Crippen LogP contribution < -0.4 is 27.0 Å². The van der Waals surface area contributed by atoms with Crippen LogP contribution in [0.2, 0.25) is 0 Å². The predicted octanol–water partition coefficient (Wildman–Crippen LogP) is 3.12. The summed E-state index contributed by atoms with van der Waals surface area (Å²) in [6, 6.07) is 0.959. The molecule has 2 aromatic heterocycles. The minimum Gasteiger partial charge on any atom is -0.465 e. The summed E-state index contributed by atoms with van der Waals surface area (Å²) in [5, 5.41) is 19.6. The number of primary amides is 1. The van der Waals surface area contributed by atoms with E-state index in [4.69, 9.17) is 10.8 Å². The number of carboxylic acid groups (broad SMARTS) is 1. The van der Waals surface area contributed by atoms with Crippen LogP contribution in [-0.4, -0.2) is 46.2 Å². The molecule has 2 aromatic rings. The number of pyridine rings is 2. The zero-order valence-corrected chi connectivity index (χ0v) is 18.2. The van der Waals surface area contributed by atoms with Gasteiger partial charge in [0.2, 0.25) is 0 Å². The summed E-state index contributed by atoms with van der Waals surface area (Å²) in [4.78, 5) is 30.9. The SMILES string of the molecule is CNc1ncc(Nc2nc(N[C@H](CC(C)C)[C@H](C)NC(=O)O)c(F)cc2C(N)=O)cc1F. The second kappa shape index (κ2) is 10.6. The van der Waals surface area contributed by atoms with Gasteiger partial charge in [-0.25, -0.2) is 23.5 Å². The molecular formula is C20H27F2N7O3. The Kier molecular flexibility index (Phi) is 8.10. The fraction of sp³-hybridized carbons (Fsp3) is 0.400.